The van der Waals surface area contributed by atoms with E-state index in [2.05, 4.69) is 10.2 Å². The Morgan fingerprint density at radius 1 is 1.30 bits per heavy atom. The zero-order chi connectivity index (χ0) is 14.4. The third-order valence-corrected chi connectivity index (χ3v) is 3.80. The molecule has 5 heteroatoms. The molecule has 1 aromatic carbocycles. The van der Waals surface area contributed by atoms with Crippen LogP contribution in [0.5, 0.6) is 0 Å². The van der Waals surface area contributed by atoms with E-state index in [1.165, 1.54) is 12.1 Å². The number of nitrogens with one attached hydrogen (secondary N) is 1. The summed E-state index contributed by atoms with van der Waals surface area (Å²) in [4.78, 5) is 13.5. The highest BCUT2D eigenvalue weighted by molar-refractivity contribution is 5.77. The molecule has 4 nitrogen and oxygen atoms in total. The van der Waals surface area contributed by atoms with E-state index in [0.29, 0.717) is 5.92 Å². The molecule has 1 fully saturated rings. The molecule has 0 atom stereocenters. The van der Waals surface area contributed by atoms with Gasteiger partial charge in [-0.05, 0) is 49.5 Å². The van der Waals surface area contributed by atoms with E-state index in [1.807, 2.05) is 12.1 Å². The van der Waals surface area contributed by atoms with Gasteiger partial charge in [0.2, 0.25) is 5.91 Å². The number of hydrogen-bond donors (Lipinski definition) is 2. The van der Waals surface area contributed by atoms with Crippen LogP contribution in [0.4, 0.5) is 4.39 Å². The number of hydrogen-bond acceptors (Lipinski definition) is 3. The van der Waals surface area contributed by atoms with Crippen molar-refractivity contribution in [1.82, 2.24) is 10.2 Å². The SMILES string of the molecule is NCC(=O)NCC1CCN(Cc2ccc(F)cc2)CC1. The van der Waals surface area contributed by atoms with Gasteiger partial charge in [0.1, 0.15) is 5.82 Å². The Hall–Kier alpha value is -1.46. The van der Waals surface area contributed by atoms with E-state index < -0.39 is 0 Å². The van der Waals surface area contributed by atoms with Crippen LogP contribution in [-0.4, -0.2) is 37.0 Å². The van der Waals surface area contributed by atoms with Crippen LogP contribution < -0.4 is 11.1 Å². The standard InChI is InChI=1S/C15H22FN3O/c16-14-3-1-13(2-4-14)11-19-7-5-12(6-8-19)10-18-15(20)9-17/h1-4,12H,5-11,17H2,(H,18,20). The maximum atomic E-state index is 12.8. The lowest BCUT2D eigenvalue weighted by Gasteiger charge is -2.32. The summed E-state index contributed by atoms with van der Waals surface area (Å²) in [6.07, 6.45) is 2.15. The normalized spacial score (nSPS) is 17.1. The summed E-state index contributed by atoms with van der Waals surface area (Å²) in [7, 11) is 0. The Kier molecular flexibility index (Phi) is 5.49. The second-order valence-corrected chi connectivity index (χ2v) is 5.35. The summed E-state index contributed by atoms with van der Waals surface area (Å²) in [6, 6.07) is 6.68. The van der Waals surface area contributed by atoms with Crippen LogP contribution in [0.25, 0.3) is 0 Å². The van der Waals surface area contributed by atoms with Gasteiger partial charge in [0.15, 0.2) is 0 Å². The average Bonchev–Trinajstić information content (AvgIpc) is 2.48. The second-order valence-electron chi connectivity index (χ2n) is 5.35. The van der Waals surface area contributed by atoms with Crippen LogP contribution in [-0.2, 0) is 11.3 Å². The summed E-state index contributed by atoms with van der Waals surface area (Å²) in [5.41, 5.74) is 6.40. The number of piperidine rings is 1. The van der Waals surface area contributed by atoms with Gasteiger partial charge in [-0.2, -0.15) is 0 Å². The fraction of sp³-hybridized carbons (Fsp3) is 0.533. The molecule has 0 saturated carbocycles. The molecule has 1 aliphatic rings. The molecule has 1 amide bonds. The maximum absolute atomic E-state index is 12.8. The van der Waals surface area contributed by atoms with E-state index in [0.717, 1.165) is 44.6 Å². The molecule has 0 aromatic heterocycles. The van der Waals surface area contributed by atoms with Crippen molar-refractivity contribution >= 4 is 5.91 Å². The molecule has 1 aromatic rings. The van der Waals surface area contributed by atoms with Crippen molar-refractivity contribution in [2.45, 2.75) is 19.4 Å². The Morgan fingerprint density at radius 3 is 2.55 bits per heavy atom. The predicted octanol–water partition coefficient (Wildman–Crippen LogP) is 1.11. The summed E-state index contributed by atoms with van der Waals surface area (Å²) in [6.45, 7) is 3.67. The van der Waals surface area contributed by atoms with Crippen LogP contribution in [0.3, 0.4) is 0 Å². The minimum Gasteiger partial charge on any atom is -0.355 e. The molecular formula is C15H22FN3O. The first kappa shape index (κ1) is 14.9. The first-order valence-corrected chi connectivity index (χ1v) is 7.11. The quantitative estimate of drug-likeness (QED) is 0.849. The molecule has 1 saturated heterocycles. The fourth-order valence-electron chi connectivity index (χ4n) is 2.53. The van der Waals surface area contributed by atoms with Crippen molar-refractivity contribution in [1.29, 1.82) is 0 Å². The van der Waals surface area contributed by atoms with Crippen molar-refractivity contribution in [3.63, 3.8) is 0 Å². The fourth-order valence-corrected chi connectivity index (χ4v) is 2.53. The summed E-state index contributed by atoms with van der Waals surface area (Å²) < 4.78 is 12.8. The minimum atomic E-state index is -0.192. The van der Waals surface area contributed by atoms with E-state index in [1.54, 1.807) is 0 Å². The molecule has 110 valence electrons. The van der Waals surface area contributed by atoms with Gasteiger partial charge in [-0.15, -0.1) is 0 Å². The smallest absolute Gasteiger partial charge is 0.233 e. The number of likely N-dealkylation sites (tertiary alicyclic amines) is 1. The van der Waals surface area contributed by atoms with Crippen LogP contribution in [0.1, 0.15) is 18.4 Å². The number of halogens is 1. The average molecular weight is 279 g/mol. The third-order valence-electron chi connectivity index (χ3n) is 3.80. The topological polar surface area (TPSA) is 58.4 Å². The second kappa shape index (κ2) is 7.36. The molecule has 0 aliphatic carbocycles. The van der Waals surface area contributed by atoms with E-state index in [-0.39, 0.29) is 18.3 Å². The van der Waals surface area contributed by atoms with Crippen molar-refractivity contribution in [2.75, 3.05) is 26.2 Å². The Bertz CT molecular complexity index is 427. The lowest BCUT2D eigenvalue weighted by Crippen LogP contribution is -2.39. The molecule has 1 aliphatic heterocycles. The largest absolute Gasteiger partial charge is 0.355 e. The number of carbonyl (C=O) groups is 1. The Labute approximate surface area is 119 Å². The van der Waals surface area contributed by atoms with Crippen molar-refractivity contribution in [3.05, 3.63) is 35.6 Å². The van der Waals surface area contributed by atoms with Crippen LogP contribution in [0.15, 0.2) is 24.3 Å². The third kappa shape index (κ3) is 4.58. The molecule has 1 heterocycles. The number of benzene rings is 1. The molecule has 0 radical (unpaired) electrons. The van der Waals surface area contributed by atoms with E-state index >= 15 is 0 Å². The highest BCUT2D eigenvalue weighted by Gasteiger charge is 2.19. The van der Waals surface area contributed by atoms with E-state index in [4.69, 9.17) is 5.73 Å². The number of nitrogens with zero attached hydrogens (tertiary/aromatic N) is 1. The van der Waals surface area contributed by atoms with Gasteiger partial charge in [0.05, 0.1) is 6.54 Å². The molecule has 0 spiro atoms. The zero-order valence-corrected chi connectivity index (χ0v) is 11.6. The number of carbonyl (C=O) groups excluding carboxylic acids is 1. The number of rotatable bonds is 5. The molecular weight excluding hydrogens is 257 g/mol. The van der Waals surface area contributed by atoms with Crippen molar-refractivity contribution < 1.29 is 9.18 Å². The summed E-state index contributed by atoms with van der Waals surface area (Å²) in [5, 5.41) is 2.85. The van der Waals surface area contributed by atoms with E-state index in [9.17, 15) is 9.18 Å². The summed E-state index contributed by atoms with van der Waals surface area (Å²) in [5.74, 6) is 0.261. The molecule has 0 unspecified atom stereocenters. The Balaban J connectivity index is 1.71. The first-order valence-electron chi connectivity index (χ1n) is 7.11. The van der Waals surface area contributed by atoms with Gasteiger partial charge in [0.25, 0.3) is 0 Å². The maximum Gasteiger partial charge on any atom is 0.233 e. The molecule has 3 N–H and O–H groups in total. The number of amides is 1. The lowest BCUT2D eigenvalue weighted by molar-refractivity contribution is -0.120. The van der Waals surface area contributed by atoms with Gasteiger partial charge in [-0.1, -0.05) is 12.1 Å². The van der Waals surface area contributed by atoms with Crippen LogP contribution >= 0.6 is 0 Å². The van der Waals surface area contributed by atoms with Crippen molar-refractivity contribution in [2.24, 2.45) is 11.7 Å². The molecule has 20 heavy (non-hydrogen) atoms. The first-order chi connectivity index (χ1) is 9.67. The van der Waals surface area contributed by atoms with Crippen molar-refractivity contribution in [3.8, 4) is 0 Å². The minimum absolute atomic E-state index is 0.0589. The molecule has 2 rings (SSSR count). The zero-order valence-electron chi connectivity index (χ0n) is 11.6. The van der Waals surface area contributed by atoms with Gasteiger partial charge in [0, 0.05) is 13.1 Å². The van der Waals surface area contributed by atoms with Crippen LogP contribution in [0.2, 0.25) is 0 Å². The predicted molar refractivity (Wildman–Crippen MR) is 76.5 cm³/mol. The monoisotopic (exact) mass is 279 g/mol. The van der Waals surface area contributed by atoms with Gasteiger partial charge in [-0.25, -0.2) is 4.39 Å². The van der Waals surface area contributed by atoms with Crippen LogP contribution in [0, 0.1) is 11.7 Å². The highest BCUT2D eigenvalue weighted by Crippen LogP contribution is 2.18. The summed E-state index contributed by atoms with van der Waals surface area (Å²) >= 11 is 0. The molecule has 0 bridgehead atoms. The highest BCUT2D eigenvalue weighted by atomic mass is 19.1. The Morgan fingerprint density at radius 2 is 1.95 bits per heavy atom. The lowest BCUT2D eigenvalue weighted by atomic mass is 9.96. The number of nitrogens with two attached hydrogens (primary N) is 1. The van der Waals surface area contributed by atoms with Gasteiger partial charge >= 0.3 is 0 Å². The van der Waals surface area contributed by atoms with Gasteiger partial charge < -0.3 is 11.1 Å². The van der Waals surface area contributed by atoms with Gasteiger partial charge in [-0.3, -0.25) is 9.69 Å².